The lowest BCUT2D eigenvalue weighted by Gasteiger charge is -2.09. The maximum absolute atomic E-state index is 5.89. The number of alkyl halides is 1. The first-order valence-electron chi connectivity index (χ1n) is 6.13. The van der Waals surface area contributed by atoms with Gasteiger partial charge in [0.15, 0.2) is 0 Å². The molecule has 2 nitrogen and oxygen atoms in total. The van der Waals surface area contributed by atoms with Gasteiger partial charge in [0.2, 0.25) is 0 Å². The average Bonchev–Trinajstić information content (AvgIpc) is 2.49. The molecule has 0 saturated heterocycles. The van der Waals surface area contributed by atoms with Crippen molar-refractivity contribution in [1.82, 2.24) is 4.98 Å². The molecule has 0 atom stereocenters. The Morgan fingerprint density at radius 3 is 2.80 bits per heavy atom. The molecule has 0 aliphatic heterocycles. The molecule has 0 aliphatic rings. The zero-order valence-corrected chi connectivity index (χ0v) is 12.9. The van der Waals surface area contributed by atoms with Gasteiger partial charge in [-0.2, -0.15) is 0 Å². The van der Waals surface area contributed by atoms with Gasteiger partial charge in [0.05, 0.1) is 9.99 Å². The Bertz CT molecular complexity index is 760. The standard InChI is InChI=1S/C16H11BrClNO/c17-14-8-11(10-18)3-6-16(14)20-13-5-4-12-2-1-7-19-15(12)9-13/h1-9H,10H2. The van der Waals surface area contributed by atoms with Gasteiger partial charge in [-0.05, 0) is 51.8 Å². The summed E-state index contributed by atoms with van der Waals surface area (Å²) in [5.74, 6) is 2.00. The maximum Gasteiger partial charge on any atom is 0.141 e. The van der Waals surface area contributed by atoms with Crippen LogP contribution in [-0.4, -0.2) is 4.98 Å². The van der Waals surface area contributed by atoms with Crippen LogP contribution in [0.2, 0.25) is 0 Å². The second kappa shape index (κ2) is 5.81. The van der Waals surface area contributed by atoms with Crippen molar-refractivity contribution in [3.63, 3.8) is 0 Å². The minimum absolute atomic E-state index is 0.485. The lowest BCUT2D eigenvalue weighted by atomic mass is 10.2. The molecule has 0 fully saturated rings. The van der Waals surface area contributed by atoms with E-state index in [0.717, 1.165) is 32.4 Å². The quantitative estimate of drug-likeness (QED) is 0.581. The third-order valence-corrected chi connectivity index (χ3v) is 3.88. The number of nitrogens with zero attached hydrogens (tertiary/aromatic N) is 1. The van der Waals surface area contributed by atoms with Crippen molar-refractivity contribution in [2.75, 3.05) is 0 Å². The smallest absolute Gasteiger partial charge is 0.141 e. The molecule has 0 unspecified atom stereocenters. The molecular formula is C16H11BrClNO. The predicted octanol–water partition coefficient (Wildman–Crippen LogP) is 5.53. The summed E-state index contributed by atoms with van der Waals surface area (Å²) in [6.07, 6.45) is 1.78. The summed E-state index contributed by atoms with van der Waals surface area (Å²) in [5, 5.41) is 1.09. The van der Waals surface area contributed by atoms with E-state index in [1.165, 1.54) is 0 Å². The number of halogens is 2. The first-order chi connectivity index (χ1) is 9.76. The number of hydrogen-bond donors (Lipinski definition) is 0. The highest BCUT2D eigenvalue weighted by Gasteiger charge is 2.05. The first kappa shape index (κ1) is 13.4. The normalized spacial score (nSPS) is 10.7. The van der Waals surface area contributed by atoms with E-state index < -0.39 is 0 Å². The Labute approximate surface area is 130 Å². The first-order valence-corrected chi connectivity index (χ1v) is 7.46. The molecule has 0 saturated carbocycles. The van der Waals surface area contributed by atoms with Gasteiger partial charge in [-0.1, -0.05) is 12.1 Å². The van der Waals surface area contributed by atoms with Gasteiger partial charge < -0.3 is 4.74 Å². The molecule has 100 valence electrons. The van der Waals surface area contributed by atoms with Crippen molar-refractivity contribution in [1.29, 1.82) is 0 Å². The molecule has 20 heavy (non-hydrogen) atoms. The van der Waals surface area contributed by atoms with Crippen LogP contribution in [0.15, 0.2) is 59.2 Å². The molecule has 2 aromatic carbocycles. The minimum atomic E-state index is 0.485. The third-order valence-electron chi connectivity index (χ3n) is 2.96. The van der Waals surface area contributed by atoms with E-state index in [9.17, 15) is 0 Å². The van der Waals surface area contributed by atoms with E-state index in [0.29, 0.717) is 5.88 Å². The molecule has 4 heteroatoms. The number of fused-ring (bicyclic) bond motifs is 1. The van der Waals surface area contributed by atoms with E-state index >= 15 is 0 Å². The molecular weight excluding hydrogens is 338 g/mol. The summed E-state index contributed by atoms with van der Waals surface area (Å²) < 4.78 is 6.77. The van der Waals surface area contributed by atoms with Crippen LogP contribution < -0.4 is 4.74 Å². The number of pyridine rings is 1. The van der Waals surface area contributed by atoms with Crippen LogP contribution in [0.25, 0.3) is 10.9 Å². The van der Waals surface area contributed by atoms with Crippen molar-refractivity contribution in [3.8, 4) is 11.5 Å². The average molecular weight is 349 g/mol. The Kier molecular flexibility index (Phi) is 3.90. The van der Waals surface area contributed by atoms with Gasteiger partial charge in [-0.15, -0.1) is 11.6 Å². The van der Waals surface area contributed by atoms with Crippen molar-refractivity contribution < 1.29 is 4.74 Å². The third kappa shape index (κ3) is 2.79. The molecule has 1 aromatic heterocycles. The summed E-state index contributed by atoms with van der Waals surface area (Å²) in [5.41, 5.74) is 1.96. The Hall–Kier alpha value is -1.58. The summed E-state index contributed by atoms with van der Waals surface area (Å²) in [6, 6.07) is 15.6. The van der Waals surface area contributed by atoms with Crippen LogP contribution in [0.4, 0.5) is 0 Å². The Morgan fingerprint density at radius 1 is 1.10 bits per heavy atom. The van der Waals surface area contributed by atoms with Gasteiger partial charge in [-0.25, -0.2) is 0 Å². The van der Waals surface area contributed by atoms with E-state index in [1.807, 2.05) is 48.5 Å². The topological polar surface area (TPSA) is 22.1 Å². The van der Waals surface area contributed by atoms with Gasteiger partial charge in [0, 0.05) is 23.5 Å². The van der Waals surface area contributed by atoms with E-state index in [4.69, 9.17) is 16.3 Å². The van der Waals surface area contributed by atoms with Gasteiger partial charge in [0.25, 0.3) is 0 Å². The number of benzene rings is 2. The fraction of sp³-hybridized carbons (Fsp3) is 0.0625. The molecule has 3 rings (SSSR count). The number of aromatic nitrogens is 1. The van der Waals surface area contributed by atoms with Crippen LogP contribution in [0, 0.1) is 0 Å². The summed E-state index contributed by atoms with van der Waals surface area (Å²) in [7, 11) is 0. The van der Waals surface area contributed by atoms with E-state index in [2.05, 4.69) is 20.9 Å². The highest BCUT2D eigenvalue weighted by molar-refractivity contribution is 9.10. The molecule has 3 aromatic rings. The van der Waals surface area contributed by atoms with Crippen molar-refractivity contribution in [3.05, 3.63) is 64.8 Å². The van der Waals surface area contributed by atoms with Gasteiger partial charge >= 0.3 is 0 Å². The summed E-state index contributed by atoms with van der Waals surface area (Å²) in [6.45, 7) is 0. The molecule has 0 radical (unpaired) electrons. The zero-order chi connectivity index (χ0) is 13.9. The number of hydrogen-bond acceptors (Lipinski definition) is 2. The van der Waals surface area contributed by atoms with Crippen molar-refractivity contribution in [2.24, 2.45) is 0 Å². The fourth-order valence-electron chi connectivity index (χ4n) is 1.95. The molecule has 0 aliphatic carbocycles. The maximum atomic E-state index is 5.89. The highest BCUT2D eigenvalue weighted by atomic mass is 79.9. The lowest BCUT2D eigenvalue weighted by Crippen LogP contribution is -1.88. The van der Waals surface area contributed by atoms with Crippen LogP contribution in [0.3, 0.4) is 0 Å². The van der Waals surface area contributed by atoms with Crippen LogP contribution >= 0.6 is 27.5 Å². The predicted molar refractivity (Wildman–Crippen MR) is 85.5 cm³/mol. The SMILES string of the molecule is ClCc1ccc(Oc2ccc3cccnc3c2)c(Br)c1. The second-order valence-corrected chi connectivity index (χ2v) is 5.48. The molecule has 1 heterocycles. The lowest BCUT2D eigenvalue weighted by molar-refractivity contribution is 0.480. The van der Waals surface area contributed by atoms with Crippen LogP contribution in [-0.2, 0) is 5.88 Å². The Morgan fingerprint density at radius 2 is 2.00 bits per heavy atom. The zero-order valence-electron chi connectivity index (χ0n) is 10.5. The van der Waals surface area contributed by atoms with Crippen molar-refractivity contribution in [2.45, 2.75) is 5.88 Å². The second-order valence-electron chi connectivity index (χ2n) is 4.36. The largest absolute Gasteiger partial charge is 0.456 e. The van der Waals surface area contributed by atoms with Crippen LogP contribution in [0.1, 0.15) is 5.56 Å². The van der Waals surface area contributed by atoms with Gasteiger partial charge in [-0.3, -0.25) is 4.98 Å². The number of ether oxygens (including phenoxy) is 1. The monoisotopic (exact) mass is 347 g/mol. The van der Waals surface area contributed by atoms with E-state index in [1.54, 1.807) is 6.20 Å². The highest BCUT2D eigenvalue weighted by Crippen LogP contribution is 2.31. The number of rotatable bonds is 3. The Balaban J connectivity index is 1.92. The molecule has 0 N–H and O–H groups in total. The van der Waals surface area contributed by atoms with Crippen LogP contribution in [0.5, 0.6) is 11.5 Å². The molecule has 0 bridgehead atoms. The molecule has 0 amide bonds. The molecule has 0 spiro atoms. The summed E-state index contributed by atoms with van der Waals surface area (Å²) >= 11 is 9.30. The van der Waals surface area contributed by atoms with E-state index in [-0.39, 0.29) is 0 Å². The van der Waals surface area contributed by atoms with Gasteiger partial charge in [0.1, 0.15) is 11.5 Å². The minimum Gasteiger partial charge on any atom is -0.456 e. The van der Waals surface area contributed by atoms with Crippen molar-refractivity contribution >= 4 is 38.4 Å². The fourth-order valence-corrected chi connectivity index (χ4v) is 2.62. The summed E-state index contributed by atoms with van der Waals surface area (Å²) in [4.78, 5) is 4.32.